The Morgan fingerprint density at radius 3 is 1.64 bits per heavy atom. The van der Waals surface area contributed by atoms with Crippen molar-refractivity contribution in [3.05, 3.63) is 107 Å². The summed E-state index contributed by atoms with van der Waals surface area (Å²) in [5.74, 6) is 0. The molecule has 3 rings (SSSR count). The van der Waals surface area contributed by atoms with Gasteiger partial charge in [-0.15, -0.1) is 0 Å². The third-order valence-corrected chi connectivity index (χ3v) is 6.09. The van der Waals surface area contributed by atoms with Crippen molar-refractivity contribution in [1.29, 1.82) is 0 Å². The fourth-order valence-electron chi connectivity index (χ4n) is 3.85. The fourth-order valence-corrected chi connectivity index (χ4v) is 3.85. The Hall–Kier alpha value is -2.34. The van der Waals surface area contributed by atoms with E-state index in [9.17, 15) is 0 Å². The summed E-state index contributed by atoms with van der Waals surface area (Å²) in [6.07, 6.45) is 1.02. The maximum absolute atomic E-state index is 2.42. The van der Waals surface area contributed by atoms with Gasteiger partial charge in [-0.05, 0) is 41.0 Å². The molecule has 1 atom stereocenters. The van der Waals surface area contributed by atoms with Gasteiger partial charge < -0.3 is 0 Å². The quantitative estimate of drug-likeness (QED) is 0.503. The first-order valence-corrected chi connectivity index (χ1v) is 9.11. The Bertz CT molecular complexity index is 815. The maximum atomic E-state index is 2.42. The summed E-state index contributed by atoms with van der Waals surface area (Å²) in [4.78, 5) is 0. The highest BCUT2D eigenvalue weighted by atomic mass is 14.5. The van der Waals surface area contributed by atoms with Crippen LogP contribution >= 0.6 is 0 Å². The van der Waals surface area contributed by atoms with Crippen LogP contribution in [0.15, 0.2) is 84.9 Å². The lowest BCUT2D eigenvalue weighted by Crippen LogP contribution is -2.44. The third kappa shape index (κ3) is 3.26. The van der Waals surface area contributed by atoms with E-state index in [1.165, 1.54) is 22.3 Å². The SMILES string of the molecule is Cc1ccccc1C[C@](C)(c1ccccc1)C(C)(C)c1ccccc1. The van der Waals surface area contributed by atoms with E-state index < -0.39 is 0 Å². The number of benzene rings is 3. The van der Waals surface area contributed by atoms with Crippen LogP contribution in [0.25, 0.3) is 0 Å². The molecule has 0 aliphatic rings. The molecule has 0 nitrogen and oxygen atoms in total. The summed E-state index contributed by atoms with van der Waals surface area (Å²) < 4.78 is 0. The number of rotatable bonds is 5. The lowest BCUT2D eigenvalue weighted by molar-refractivity contribution is 0.273. The lowest BCUT2D eigenvalue weighted by atomic mass is 9.57. The van der Waals surface area contributed by atoms with E-state index in [-0.39, 0.29) is 10.8 Å². The third-order valence-electron chi connectivity index (χ3n) is 6.09. The van der Waals surface area contributed by atoms with Crippen LogP contribution < -0.4 is 0 Å². The molecular weight excluding hydrogens is 300 g/mol. The fraction of sp³-hybridized carbons (Fsp3) is 0.280. The van der Waals surface area contributed by atoms with Crippen LogP contribution in [0.5, 0.6) is 0 Å². The van der Waals surface area contributed by atoms with Gasteiger partial charge in [-0.3, -0.25) is 0 Å². The largest absolute Gasteiger partial charge is 0.0622 e. The molecule has 0 saturated carbocycles. The zero-order valence-electron chi connectivity index (χ0n) is 15.8. The van der Waals surface area contributed by atoms with Gasteiger partial charge >= 0.3 is 0 Å². The Morgan fingerprint density at radius 1 is 0.600 bits per heavy atom. The highest BCUT2D eigenvalue weighted by Gasteiger charge is 2.43. The Labute approximate surface area is 152 Å². The van der Waals surface area contributed by atoms with Gasteiger partial charge in [-0.1, -0.05) is 106 Å². The van der Waals surface area contributed by atoms with Crippen molar-refractivity contribution in [2.75, 3.05) is 0 Å². The number of hydrogen-bond acceptors (Lipinski definition) is 0. The van der Waals surface area contributed by atoms with Crippen LogP contribution in [0.1, 0.15) is 43.0 Å². The van der Waals surface area contributed by atoms with Crippen LogP contribution in [0.2, 0.25) is 0 Å². The monoisotopic (exact) mass is 328 g/mol. The molecule has 0 N–H and O–H groups in total. The second-order valence-corrected chi connectivity index (χ2v) is 7.79. The maximum Gasteiger partial charge on any atom is 0.00566 e. The predicted molar refractivity (Wildman–Crippen MR) is 108 cm³/mol. The van der Waals surface area contributed by atoms with Crippen molar-refractivity contribution in [3.63, 3.8) is 0 Å². The average Bonchev–Trinajstić information content (AvgIpc) is 2.65. The summed E-state index contributed by atoms with van der Waals surface area (Å²) in [6, 6.07) is 30.7. The minimum Gasteiger partial charge on any atom is -0.0622 e. The van der Waals surface area contributed by atoms with E-state index in [1.807, 2.05) is 0 Å². The Kier molecular flexibility index (Phi) is 4.81. The van der Waals surface area contributed by atoms with Gasteiger partial charge in [0.25, 0.3) is 0 Å². The average molecular weight is 328 g/mol. The molecule has 128 valence electrons. The molecule has 0 aliphatic carbocycles. The minimum absolute atomic E-state index is 0.00209. The summed E-state index contributed by atoms with van der Waals surface area (Å²) in [7, 11) is 0. The van der Waals surface area contributed by atoms with Gasteiger partial charge in [0.1, 0.15) is 0 Å². The lowest BCUT2D eigenvalue weighted by Gasteiger charge is -2.46. The molecule has 0 amide bonds. The highest BCUT2D eigenvalue weighted by molar-refractivity contribution is 5.40. The van der Waals surface area contributed by atoms with Crippen molar-refractivity contribution in [1.82, 2.24) is 0 Å². The first-order chi connectivity index (χ1) is 11.9. The van der Waals surface area contributed by atoms with E-state index in [0.717, 1.165) is 6.42 Å². The molecule has 0 spiro atoms. The smallest absolute Gasteiger partial charge is 0.00566 e. The Balaban J connectivity index is 2.14. The van der Waals surface area contributed by atoms with Crippen LogP contribution in [-0.2, 0) is 17.3 Å². The van der Waals surface area contributed by atoms with E-state index in [1.54, 1.807) is 0 Å². The Morgan fingerprint density at radius 2 is 1.08 bits per heavy atom. The second-order valence-electron chi connectivity index (χ2n) is 7.79. The molecule has 3 aromatic rings. The number of hydrogen-bond donors (Lipinski definition) is 0. The molecule has 0 aliphatic heterocycles. The summed E-state index contributed by atoms with van der Waals surface area (Å²) in [5, 5.41) is 0. The minimum atomic E-state index is -0.0122. The molecule has 0 aromatic heterocycles. The zero-order valence-corrected chi connectivity index (χ0v) is 15.8. The zero-order chi connectivity index (χ0) is 17.9. The van der Waals surface area contributed by atoms with Crippen LogP contribution in [0.4, 0.5) is 0 Å². The standard InChI is InChI=1S/C25H28/c1-20-13-11-12-14-21(20)19-25(4,23-17-9-6-10-18-23)24(2,3)22-15-7-5-8-16-22/h5-18H,19H2,1-4H3/t25-/m1/s1. The second kappa shape index (κ2) is 6.88. The van der Waals surface area contributed by atoms with E-state index in [0.29, 0.717) is 0 Å². The molecule has 0 saturated heterocycles. The van der Waals surface area contributed by atoms with Gasteiger partial charge in [0.2, 0.25) is 0 Å². The molecule has 25 heavy (non-hydrogen) atoms. The molecule has 0 bridgehead atoms. The van der Waals surface area contributed by atoms with Crippen LogP contribution in [0, 0.1) is 6.92 Å². The van der Waals surface area contributed by atoms with Gasteiger partial charge in [-0.2, -0.15) is 0 Å². The molecule has 3 aromatic carbocycles. The van der Waals surface area contributed by atoms with Crippen molar-refractivity contribution in [3.8, 4) is 0 Å². The topological polar surface area (TPSA) is 0 Å². The normalized spacial score (nSPS) is 14.1. The summed E-state index contributed by atoms with van der Waals surface area (Å²) in [5.41, 5.74) is 5.56. The molecule has 0 heterocycles. The molecule has 0 unspecified atom stereocenters. The van der Waals surface area contributed by atoms with E-state index in [2.05, 4.69) is 113 Å². The van der Waals surface area contributed by atoms with Gasteiger partial charge in [0, 0.05) is 5.41 Å². The van der Waals surface area contributed by atoms with E-state index >= 15 is 0 Å². The van der Waals surface area contributed by atoms with Crippen molar-refractivity contribution >= 4 is 0 Å². The van der Waals surface area contributed by atoms with Crippen molar-refractivity contribution in [2.45, 2.75) is 44.9 Å². The molecular formula is C25H28. The van der Waals surface area contributed by atoms with Gasteiger partial charge in [-0.25, -0.2) is 0 Å². The molecule has 0 heteroatoms. The predicted octanol–water partition coefficient (Wildman–Crippen LogP) is 6.47. The van der Waals surface area contributed by atoms with Crippen LogP contribution in [0.3, 0.4) is 0 Å². The first-order valence-electron chi connectivity index (χ1n) is 9.11. The summed E-state index contributed by atoms with van der Waals surface area (Å²) >= 11 is 0. The van der Waals surface area contributed by atoms with Gasteiger partial charge in [0.15, 0.2) is 0 Å². The van der Waals surface area contributed by atoms with E-state index in [4.69, 9.17) is 0 Å². The van der Waals surface area contributed by atoms with Gasteiger partial charge in [0.05, 0.1) is 0 Å². The van der Waals surface area contributed by atoms with Crippen molar-refractivity contribution < 1.29 is 0 Å². The number of aryl methyl sites for hydroxylation is 1. The molecule has 0 radical (unpaired) electrons. The highest BCUT2D eigenvalue weighted by Crippen LogP contribution is 2.46. The van der Waals surface area contributed by atoms with Crippen LogP contribution in [-0.4, -0.2) is 0 Å². The summed E-state index contributed by atoms with van der Waals surface area (Å²) in [6.45, 7) is 9.40. The molecule has 0 fully saturated rings. The van der Waals surface area contributed by atoms with Crippen molar-refractivity contribution in [2.24, 2.45) is 0 Å². The first kappa shape index (κ1) is 17.5.